The first-order valence-electron chi connectivity index (χ1n) is 15.1. The summed E-state index contributed by atoms with van der Waals surface area (Å²) in [6, 6.07) is 19.6. The Kier molecular flexibility index (Phi) is 10.6. The molecule has 0 radical (unpaired) electrons. The van der Waals surface area contributed by atoms with E-state index in [1.165, 1.54) is 4.90 Å². The normalized spacial score (nSPS) is 14.9. The maximum absolute atomic E-state index is 13.8. The fourth-order valence-electron chi connectivity index (χ4n) is 5.51. The van der Waals surface area contributed by atoms with Crippen LogP contribution in [0.3, 0.4) is 0 Å². The molecule has 0 saturated carbocycles. The second kappa shape index (κ2) is 14.6. The zero-order chi connectivity index (χ0) is 32.0. The van der Waals surface area contributed by atoms with Crippen LogP contribution in [0.15, 0.2) is 78.9 Å². The second-order valence-electron chi connectivity index (χ2n) is 10.9. The molecule has 0 aliphatic carbocycles. The SMILES string of the molecule is CCOP(=O)(CCc1ccc2c(c1)CN(C(=O)c1ccc(Cl)cc1)CC(=O)N2Cc1ccc(C(=O)N2CC=CC2)cc1)OCC. The molecule has 3 amide bonds. The zero-order valence-corrected chi connectivity index (χ0v) is 27.1. The Morgan fingerprint density at radius 2 is 1.38 bits per heavy atom. The van der Waals surface area contributed by atoms with Crippen LogP contribution >= 0.6 is 19.2 Å². The van der Waals surface area contributed by atoms with Crippen LogP contribution in [0, 0.1) is 0 Å². The van der Waals surface area contributed by atoms with Crippen molar-refractivity contribution in [1.29, 1.82) is 0 Å². The van der Waals surface area contributed by atoms with Crippen LogP contribution in [-0.2, 0) is 37.9 Å². The van der Waals surface area contributed by atoms with Gasteiger partial charge < -0.3 is 23.7 Å². The van der Waals surface area contributed by atoms with E-state index in [4.69, 9.17) is 20.6 Å². The number of fused-ring (bicyclic) bond motifs is 1. The molecule has 9 nitrogen and oxygen atoms in total. The largest absolute Gasteiger partial charge is 0.331 e. The van der Waals surface area contributed by atoms with Crippen molar-refractivity contribution >= 4 is 42.6 Å². The lowest BCUT2D eigenvalue weighted by Crippen LogP contribution is -2.39. The van der Waals surface area contributed by atoms with Gasteiger partial charge in [-0.2, -0.15) is 0 Å². The predicted molar refractivity (Wildman–Crippen MR) is 175 cm³/mol. The average molecular weight is 650 g/mol. The van der Waals surface area contributed by atoms with E-state index in [1.54, 1.807) is 60.0 Å². The van der Waals surface area contributed by atoms with E-state index < -0.39 is 7.60 Å². The second-order valence-corrected chi connectivity index (χ2v) is 13.5. The molecule has 3 aromatic rings. The molecule has 0 bridgehead atoms. The van der Waals surface area contributed by atoms with Gasteiger partial charge in [0.2, 0.25) is 5.91 Å². The molecule has 3 aromatic carbocycles. The number of aryl methyl sites for hydroxylation is 1. The third kappa shape index (κ3) is 7.92. The van der Waals surface area contributed by atoms with Crippen molar-refractivity contribution in [1.82, 2.24) is 9.80 Å². The molecule has 45 heavy (non-hydrogen) atoms. The average Bonchev–Trinajstić information content (AvgIpc) is 3.54. The summed E-state index contributed by atoms with van der Waals surface area (Å²) in [5, 5.41) is 0.515. The summed E-state index contributed by atoms with van der Waals surface area (Å²) < 4.78 is 24.0. The van der Waals surface area contributed by atoms with Gasteiger partial charge in [0.1, 0.15) is 6.54 Å². The number of carbonyl (C=O) groups is 3. The first-order valence-corrected chi connectivity index (χ1v) is 17.2. The Morgan fingerprint density at radius 3 is 2.00 bits per heavy atom. The molecule has 0 fully saturated rings. The summed E-state index contributed by atoms with van der Waals surface area (Å²) in [5.74, 6) is -0.552. The van der Waals surface area contributed by atoms with Gasteiger partial charge in [-0.05, 0) is 79.4 Å². The molecule has 0 aromatic heterocycles. The summed E-state index contributed by atoms with van der Waals surface area (Å²) in [4.78, 5) is 45.2. The minimum Gasteiger partial charge on any atom is -0.331 e. The van der Waals surface area contributed by atoms with Gasteiger partial charge in [0.15, 0.2) is 0 Å². The lowest BCUT2D eigenvalue weighted by Gasteiger charge is -2.24. The van der Waals surface area contributed by atoms with Gasteiger partial charge in [0.25, 0.3) is 11.8 Å². The molecule has 236 valence electrons. The Morgan fingerprint density at radius 1 is 0.800 bits per heavy atom. The molecule has 2 aliphatic heterocycles. The first kappa shape index (κ1) is 32.6. The Balaban J connectivity index is 1.42. The van der Waals surface area contributed by atoms with E-state index in [0.717, 1.165) is 16.7 Å². The molecule has 11 heteroatoms. The smallest absolute Gasteiger partial charge is 0.330 e. The van der Waals surface area contributed by atoms with Crippen molar-refractivity contribution in [3.63, 3.8) is 0 Å². The van der Waals surface area contributed by atoms with E-state index in [9.17, 15) is 18.9 Å². The van der Waals surface area contributed by atoms with E-state index in [2.05, 4.69) is 0 Å². The summed E-state index contributed by atoms with van der Waals surface area (Å²) in [6.07, 6.45) is 4.59. The van der Waals surface area contributed by atoms with Gasteiger partial charge in [-0.1, -0.05) is 48.0 Å². The van der Waals surface area contributed by atoms with E-state index >= 15 is 0 Å². The number of benzene rings is 3. The highest BCUT2D eigenvalue weighted by Gasteiger charge is 2.30. The fraction of sp³-hybridized carbons (Fsp3) is 0.324. The van der Waals surface area contributed by atoms with E-state index in [-0.39, 0.29) is 56.7 Å². The van der Waals surface area contributed by atoms with Crippen molar-refractivity contribution in [3.8, 4) is 0 Å². The first-order chi connectivity index (χ1) is 21.7. The highest BCUT2D eigenvalue weighted by molar-refractivity contribution is 7.53. The summed E-state index contributed by atoms with van der Waals surface area (Å²) in [5.41, 5.74) is 4.24. The molecule has 5 rings (SSSR count). The number of hydrogen-bond acceptors (Lipinski definition) is 6. The number of anilines is 1. The van der Waals surface area contributed by atoms with Crippen LogP contribution in [-0.4, -0.2) is 66.5 Å². The van der Waals surface area contributed by atoms with Crippen LogP contribution < -0.4 is 4.90 Å². The van der Waals surface area contributed by atoms with Gasteiger partial charge in [0.05, 0.1) is 25.9 Å². The quantitative estimate of drug-likeness (QED) is 0.177. The van der Waals surface area contributed by atoms with Crippen LogP contribution in [0.25, 0.3) is 0 Å². The van der Waals surface area contributed by atoms with Crippen molar-refractivity contribution in [3.05, 3.63) is 112 Å². The maximum Gasteiger partial charge on any atom is 0.330 e. The molecule has 2 aliphatic rings. The maximum atomic E-state index is 13.8. The van der Waals surface area contributed by atoms with Crippen LogP contribution in [0.4, 0.5) is 5.69 Å². The van der Waals surface area contributed by atoms with Gasteiger partial charge in [-0.15, -0.1) is 0 Å². The van der Waals surface area contributed by atoms with Crippen LogP contribution in [0.1, 0.15) is 51.3 Å². The zero-order valence-electron chi connectivity index (χ0n) is 25.5. The predicted octanol–water partition coefficient (Wildman–Crippen LogP) is 6.35. The van der Waals surface area contributed by atoms with Crippen molar-refractivity contribution in [2.75, 3.05) is 43.9 Å². The molecule has 2 heterocycles. The summed E-state index contributed by atoms with van der Waals surface area (Å²) in [6.45, 7) is 5.68. The molecular weight excluding hydrogens is 613 g/mol. The standard InChI is InChI=1S/C34H37ClN3O6P/c1-3-43-45(42,44-4-2)20-17-25-9-16-31-29(21-25)23-37(34(41)28-12-14-30(35)15-13-28)24-32(39)38(31)22-26-7-10-27(11-8-26)33(40)36-18-5-6-19-36/h5-16,21H,3-4,17-20,22-24H2,1-2H3. The van der Waals surface area contributed by atoms with Crippen molar-refractivity contribution in [2.24, 2.45) is 0 Å². The minimum absolute atomic E-state index is 0.0372. The fourth-order valence-corrected chi connectivity index (χ4v) is 7.29. The third-order valence-electron chi connectivity index (χ3n) is 7.77. The number of nitrogens with zero attached hydrogens (tertiary/aromatic N) is 3. The third-order valence-corrected chi connectivity index (χ3v) is 10.1. The molecule has 0 spiro atoms. The lowest BCUT2D eigenvalue weighted by molar-refractivity contribution is -0.119. The van der Waals surface area contributed by atoms with Gasteiger partial charge in [-0.25, -0.2) is 0 Å². The Bertz CT molecular complexity index is 1610. The summed E-state index contributed by atoms with van der Waals surface area (Å²) >= 11 is 6.05. The summed E-state index contributed by atoms with van der Waals surface area (Å²) in [7, 11) is -3.25. The van der Waals surface area contributed by atoms with Gasteiger partial charge in [-0.3, -0.25) is 18.9 Å². The minimum atomic E-state index is -3.25. The number of halogens is 1. The van der Waals surface area contributed by atoms with E-state index in [1.807, 2.05) is 42.5 Å². The Labute approximate surface area is 268 Å². The van der Waals surface area contributed by atoms with Crippen LogP contribution in [0.5, 0.6) is 0 Å². The van der Waals surface area contributed by atoms with Crippen LogP contribution in [0.2, 0.25) is 5.02 Å². The molecular formula is C34H37ClN3O6P. The highest BCUT2D eigenvalue weighted by atomic mass is 35.5. The number of carbonyl (C=O) groups excluding carboxylic acids is 3. The number of rotatable bonds is 11. The van der Waals surface area contributed by atoms with Gasteiger partial charge >= 0.3 is 7.60 Å². The van der Waals surface area contributed by atoms with E-state index in [0.29, 0.717) is 41.3 Å². The lowest BCUT2D eigenvalue weighted by atomic mass is 10.0. The van der Waals surface area contributed by atoms with Crippen molar-refractivity contribution in [2.45, 2.75) is 33.4 Å². The number of hydrogen-bond donors (Lipinski definition) is 0. The van der Waals surface area contributed by atoms with Gasteiger partial charge in [0, 0.05) is 41.5 Å². The highest BCUT2D eigenvalue weighted by Crippen LogP contribution is 2.48. The molecule has 0 N–H and O–H groups in total. The monoisotopic (exact) mass is 649 g/mol. The Hall–Kier alpha value is -3.75. The molecule has 0 saturated heterocycles. The molecule has 0 unspecified atom stereocenters. The number of amides is 3. The van der Waals surface area contributed by atoms with Crippen molar-refractivity contribution < 1.29 is 28.0 Å². The molecule has 0 atom stereocenters. The topological polar surface area (TPSA) is 96.5 Å².